The first-order chi connectivity index (χ1) is 13.2. The molecule has 2 aromatic carbocycles. The van der Waals surface area contributed by atoms with Gasteiger partial charge in [-0.1, -0.05) is 12.1 Å². The molecule has 0 spiro atoms. The number of ether oxygens (including phenoxy) is 1. The van der Waals surface area contributed by atoms with E-state index in [0.29, 0.717) is 5.58 Å². The van der Waals surface area contributed by atoms with Crippen LogP contribution < -0.4 is 10.4 Å². The molecule has 0 aliphatic heterocycles. The van der Waals surface area contributed by atoms with E-state index in [1.807, 2.05) is 31.2 Å². The summed E-state index contributed by atoms with van der Waals surface area (Å²) in [6.45, 7) is 1.96. The van der Waals surface area contributed by atoms with Gasteiger partial charge in [-0.05, 0) is 61.9 Å². The Morgan fingerprint density at radius 2 is 1.81 bits per heavy atom. The molecule has 0 atom stereocenters. The maximum Gasteiger partial charge on any atom is 0.339 e. The summed E-state index contributed by atoms with van der Waals surface area (Å²) in [7, 11) is 1.67. The fourth-order valence-electron chi connectivity index (χ4n) is 4.27. The van der Waals surface area contributed by atoms with E-state index in [4.69, 9.17) is 13.6 Å². The normalized spacial score (nSPS) is 13.9. The minimum atomic E-state index is -0.195. The molecule has 0 saturated carbocycles. The van der Waals surface area contributed by atoms with E-state index in [2.05, 4.69) is 6.07 Å². The van der Waals surface area contributed by atoms with Crippen molar-refractivity contribution in [3.63, 3.8) is 0 Å². The first kappa shape index (κ1) is 16.2. The molecule has 2 aromatic heterocycles. The summed E-state index contributed by atoms with van der Waals surface area (Å²) in [5, 5.41) is 2.08. The van der Waals surface area contributed by atoms with E-state index in [1.165, 1.54) is 0 Å². The summed E-state index contributed by atoms with van der Waals surface area (Å²) in [4.78, 5) is 12.5. The van der Waals surface area contributed by atoms with Gasteiger partial charge in [-0.2, -0.15) is 0 Å². The maximum absolute atomic E-state index is 12.5. The third kappa shape index (κ3) is 2.40. The van der Waals surface area contributed by atoms with Gasteiger partial charge in [0.05, 0.1) is 13.4 Å². The van der Waals surface area contributed by atoms with Crippen LogP contribution in [-0.2, 0) is 12.8 Å². The Morgan fingerprint density at radius 3 is 2.63 bits per heavy atom. The lowest BCUT2D eigenvalue weighted by Crippen LogP contribution is -2.16. The van der Waals surface area contributed by atoms with Gasteiger partial charge < -0.3 is 13.6 Å². The van der Waals surface area contributed by atoms with E-state index in [1.54, 1.807) is 13.4 Å². The van der Waals surface area contributed by atoms with E-state index in [0.717, 1.165) is 75.6 Å². The second kappa shape index (κ2) is 6.02. The molecule has 5 rings (SSSR count). The number of methoxy groups -OCH3 is 1. The zero-order valence-corrected chi connectivity index (χ0v) is 15.4. The van der Waals surface area contributed by atoms with Crippen LogP contribution in [0.2, 0.25) is 0 Å². The first-order valence-electron chi connectivity index (χ1n) is 9.31. The second-order valence-electron chi connectivity index (χ2n) is 7.19. The van der Waals surface area contributed by atoms with Crippen LogP contribution in [0.5, 0.6) is 5.75 Å². The quantitative estimate of drug-likeness (QED) is 0.449. The van der Waals surface area contributed by atoms with Crippen molar-refractivity contribution in [2.24, 2.45) is 0 Å². The standard InChI is InChI=1S/C23H20O4/c1-13-21-19(20(12-26-21)14-6-5-7-15(10-14)25-2)11-18-16-8-3-4-9-17(16)23(24)27-22(13)18/h5-7,10-12H,3-4,8-9H2,1-2H3. The van der Waals surface area contributed by atoms with Crippen LogP contribution >= 0.6 is 0 Å². The summed E-state index contributed by atoms with van der Waals surface area (Å²) in [5.74, 6) is 0.808. The van der Waals surface area contributed by atoms with E-state index in [-0.39, 0.29) is 5.63 Å². The van der Waals surface area contributed by atoms with Gasteiger partial charge in [0.1, 0.15) is 16.9 Å². The molecule has 4 nitrogen and oxygen atoms in total. The van der Waals surface area contributed by atoms with Gasteiger partial charge in [0.25, 0.3) is 0 Å². The summed E-state index contributed by atoms with van der Waals surface area (Å²) < 4.78 is 17.0. The van der Waals surface area contributed by atoms with Gasteiger partial charge in [0.2, 0.25) is 0 Å². The second-order valence-corrected chi connectivity index (χ2v) is 7.19. The third-order valence-corrected chi connectivity index (χ3v) is 5.66. The molecule has 0 radical (unpaired) electrons. The Kier molecular flexibility index (Phi) is 3.61. The predicted molar refractivity (Wildman–Crippen MR) is 106 cm³/mol. The smallest absolute Gasteiger partial charge is 0.339 e. The zero-order valence-electron chi connectivity index (χ0n) is 15.4. The van der Waals surface area contributed by atoms with Crippen molar-refractivity contribution in [3.8, 4) is 16.9 Å². The van der Waals surface area contributed by atoms with Crippen molar-refractivity contribution >= 4 is 21.9 Å². The Morgan fingerprint density at radius 1 is 1.00 bits per heavy atom. The molecule has 0 amide bonds. The van der Waals surface area contributed by atoms with Crippen molar-refractivity contribution < 1.29 is 13.6 Å². The highest BCUT2D eigenvalue weighted by molar-refractivity contribution is 6.05. The molecule has 1 aliphatic rings. The lowest BCUT2D eigenvalue weighted by molar-refractivity contribution is 0.415. The molecule has 136 valence electrons. The van der Waals surface area contributed by atoms with Gasteiger partial charge in [0, 0.05) is 27.5 Å². The summed E-state index contributed by atoms with van der Waals surface area (Å²) in [6.07, 6.45) is 5.66. The Hall–Kier alpha value is -3.01. The van der Waals surface area contributed by atoms with Crippen LogP contribution in [-0.4, -0.2) is 7.11 Å². The number of hydrogen-bond acceptors (Lipinski definition) is 4. The Labute approximate surface area is 156 Å². The van der Waals surface area contributed by atoms with E-state index >= 15 is 0 Å². The fraction of sp³-hybridized carbons (Fsp3) is 0.261. The number of rotatable bonds is 2. The molecule has 0 saturated heterocycles. The maximum atomic E-state index is 12.5. The van der Waals surface area contributed by atoms with Gasteiger partial charge in [-0.25, -0.2) is 4.79 Å². The predicted octanol–water partition coefficient (Wildman–Crippen LogP) is 5.40. The Balaban J connectivity index is 1.85. The lowest BCUT2D eigenvalue weighted by atomic mass is 9.89. The summed E-state index contributed by atoms with van der Waals surface area (Å²) in [6, 6.07) is 10.1. The average molecular weight is 360 g/mol. The van der Waals surface area contributed by atoms with Gasteiger partial charge >= 0.3 is 5.63 Å². The molecule has 4 heteroatoms. The molecular weight excluding hydrogens is 340 g/mol. The van der Waals surface area contributed by atoms with E-state index in [9.17, 15) is 4.79 Å². The van der Waals surface area contributed by atoms with Crippen LogP contribution in [0.3, 0.4) is 0 Å². The minimum Gasteiger partial charge on any atom is -0.497 e. The van der Waals surface area contributed by atoms with Crippen LogP contribution in [0, 0.1) is 6.92 Å². The van der Waals surface area contributed by atoms with Crippen LogP contribution in [0.25, 0.3) is 33.1 Å². The summed E-state index contributed by atoms with van der Waals surface area (Å²) in [5.41, 5.74) is 6.15. The van der Waals surface area contributed by atoms with Crippen molar-refractivity contribution in [1.29, 1.82) is 0 Å². The number of fused-ring (bicyclic) bond motifs is 4. The average Bonchev–Trinajstić information content (AvgIpc) is 3.14. The number of aryl methyl sites for hydroxylation is 2. The SMILES string of the molecule is COc1cccc(-c2coc3c(C)c4oc(=O)c5c(c4cc23)CCCC5)c1. The fourth-order valence-corrected chi connectivity index (χ4v) is 4.27. The molecule has 0 unspecified atom stereocenters. The van der Waals surface area contributed by atoms with Crippen LogP contribution in [0.4, 0.5) is 0 Å². The number of hydrogen-bond donors (Lipinski definition) is 0. The van der Waals surface area contributed by atoms with Crippen molar-refractivity contribution in [3.05, 3.63) is 63.7 Å². The highest BCUT2D eigenvalue weighted by Crippen LogP contribution is 2.39. The highest BCUT2D eigenvalue weighted by atomic mass is 16.5. The molecule has 2 heterocycles. The molecule has 1 aliphatic carbocycles. The molecule has 0 N–H and O–H groups in total. The molecule has 0 fully saturated rings. The Bertz CT molecular complexity index is 1240. The third-order valence-electron chi connectivity index (χ3n) is 5.66. The minimum absolute atomic E-state index is 0.195. The summed E-state index contributed by atoms with van der Waals surface area (Å²) >= 11 is 0. The topological polar surface area (TPSA) is 52.6 Å². The van der Waals surface area contributed by atoms with E-state index < -0.39 is 0 Å². The largest absolute Gasteiger partial charge is 0.497 e. The van der Waals surface area contributed by atoms with Gasteiger partial charge in [-0.3, -0.25) is 0 Å². The highest BCUT2D eigenvalue weighted by Gasteiger charge is 2.22. The van der Waals surface area contributed by atoms with Crippen LogP contribution in [0.1, 0.15) is 29.5 Å². The zero-order chi connectivity index (χ0) is 18.5. The molecular formula is C23H20O4. The van der Waals surface area contributed by atoms with Crippen molar-refractivity contribution in [2.75, 3.05) is 7.11 Å². The number of furan rings is 1. The van der Waals surface area contributed by atoms with Crippen molar-refractivity contribution in [1.82, 2.24) is 0 Å². The number of benzene rings is 2. The molecule has 4 aromatic rings. The van der Waals surface area contributed by atoms with Crippen LogP contribution in [0.15, 0.2) is 50.2 Å². The van der Waals surface area contributed by atoms with Crippen molar-refractivity contribution in [2.45, 2.75) is 32.6 Å². The first-order valence-corrected chi connectivity index (χ1v) is 9.31. The van der Waals surface area contributed by atoms with Gasteiger partial charge in [-0.15, -0.1) is 0 Å². The molecule has 27 heavy (non-hydrogen) atoms. The molecule has 0 bridgehead atoms. The lowest BCUT2D eigenvalue weighted by Gasteiger charge is -2.17. The monoisotopic (exact) mass is 360 g/mol. The van der Waals surface area contributed by atoms with Gasteiger partial charge in [0.15, 0.2) is 0 Å².